The standard InChI is InChI=1S/C33H32FN5O5.C2H6/c1-18(2)26-15-23-28(11-12-35-31(23)38(26)17-40)44-29-10-7-21(14-24(29)34)37-32(41)22-8-9-25(20-5-6-20)39(33(22)42)27-16-36-30(43-4)13-19(27)3;1-2/h7-16,18,20,40H,5-6,17H2,1-4H3,(H,37,41);1-2H3. The fourth-order valence-electron chi connectivity index (χ4n) is 5.38. The number of carbonyl (C=O) groups excluding carboxylic acids is 1. The number of methoxy groups -OCH3 is 1. The number of pyridine rings is 3. The van der Waals surface area contributed by atoms with Gasteiger partial charge in [0.25, 0.3) is 11.5 Å². The van der Waals surface area contributed by atoms with Crippen LogP contribution in [0.4, 0.5) is 10.1 Å². The van der Waals surface area contributed by atoms with Crippen LogP contribution in [0.2, 0.25) is 0 Å². The first kappa shape index (κ1) is 32.4. The smallest absolute Gasteiger partial charge is 0.268 e. The van der Waals surface area contributed by atoms with Gasteiger partial charge < -0.3 is 24.5 Å². The summed E-state index contributed by atoms with van der Waals surface area (Å²) < 4.78 is 29.6. The number of fused-ring (bicyclic) bond motifs is 1. The SMILES string of the molecule is CC.COc1cc(C)c(-n2c(C3CC3)ccc(C(=O)Nc3ccc(Oc4ccnc5c4cc(C(C)C)n5CO)c(F)c3)c2=O)cn1. The fraction of sp³-hybridized carbons (Fsp3) is 0.314. The summed E-state index contributed by atoms with van der Waals surface area (Å²) in [6.07, 6.45) is 5.01. The maximum Gasteiger partial charge on any atom is 0.268 e. The van der Waals surface area contributed by atoms with Crippen LogP contribution in [0.25, 0.3) is 16.7 Å². The van der Waals surface area contributed by atoms with Crippen molar-refractivity contribution < 1.29 is 23.8 Å². The second-order valence-electron chi connectivity index (χ2n) is 11.1. The zero-order valence-electron chi connectivity index (χ0n) is 26.8. The van der Waals surface area contributed by atoms with Crippen molar-refractivity contribution in [3.05, 3.63) is 99.6 Å². The molecule has 11 heteroatoms. The highest BCUT2D eigenvalue weighted by atomic mass is 19.1. The van der Waals surface area contributed by atoms with Gasteiger partial charge in [0.05, 0.1) is 24.4 Å². The molecule has 1 saturated carbocycles. The Hall–Kier alpha value is -5.03. The Bertz CT molecular complexity index is 1960. The van der Waals surface area contributed by atoms with E-state index in [1.165, 1.54) is 36.1 Å². The monoisotopic (exact) mass is 627 g/mol. The van der Waals surface area contributed by atoms with Gasteiger partial charge in [-0.25, -0.2) is 14.4 Å². The minimum absolute atomic E-state index is 0.0584. The molecule has 1 amide bonds. The Kier molecular flexibility index (Phi) is 9.52. The van der Waals surface area contributed by atoms with Crippen molar-refractivity contribution in [2.45, 2.75) is 66.0 Å². The van der Waals surface area contributed by atoms with Crippen LogP contribution in [0.3, 0.4) is 0 Å². The summed E-state index contributed by atoms with van der Waals surface area (Å²) in [5.41, 5.74) is 3.14. The maximum atomic E-state index is 15.3. The predicted octanol–water partition coefficient (Wildman–Crippen LogP) is 7.06. The number of aliphatic hydroxyl groups is 1. The molecule has 2 N–H and O–H groups in total. The van der Waals surface area contributed by atoms with Gasteiger partial charge in [-0.1, -0.05) is 27.7 Å². The number of aliphatic hydroxyl groups excluding tert-OH is 1. The molecule has 5 aromatic rings. The number of nitrogens with zero attached hydrogens (tertiary/aromatic N) is 4. The van der Waals surface area contributed by atoms with E-state index in [-0.39, 0.29) is 35.6 Å². The lowest BCUT2D eigenvalue weighted by Crippen LogP contribution is -2.30. The molecule has 46 heavy (non-hydrogen) atoms. The summed E-state index contributed by atoms with van der Waals surface area (Å²) in [4.78, 5) is 35.6. The average Bonchev–Trinajstić information content (AvgIpc) is 3.82. The molecule has 0 aliphatic heterocycles. The first-order valence-corrected chi connectivity index (χ1v) is 15.3. The summed E-state index contributed by atoms with van der Waals surface area (Å²) >= 11 is 0. The van der Waals surface area contributed by atoms with Gasteiger partial charge in [-0.05, 0) is 73.6 Å². The normalized spacial score (nSPS) is 12.5. The van der Waals surface area contributed by atoms with E-state index in [9.17, 15) is 14.7 Å². The third kappa shape index (κ3) is 6.23. The van der Waals surface area contributed by atoms with Gasteiger partial charge in [0.2, 0.25) is 5.88 Å². The van der Waals surface area contributed by atoms with Gasteiger partial charge in [0.1, 0.15) is 23.7 Å². The molecule has 1 aliphatic carbocycles. The van der Waals surface area contributed by atoms with Gasteiger partial charge in [-0.2, -0.15) is 0 Å². The molecule has 1 aromatic carbocycles. The number of hydrogen-bond donors (Lipinski definition) is 2. The molecule has 1 aliphatic rings. The zero-order valence-corrected chi connectivity index (χ0v) is 26.8. The number of nitrogens with one attached hydrogen (secondary N) is 1. The van der Waals surface area contributed by atoms with E-state index in [0.29, 0.717) is 28.4 Å². The van der Waals surface area contributed by atoms with Crippen molar-refractivity contribution in [3.8, 4) is 23.1 Å². The van der Waals surface area contributed by atoms with Crippen molar-refractivity contribution in [1.29, 1.82) is 0 Å². The average molecular weight is 628 g/mol. The van der Waals surface area contributed by atoms with Crippen LogP contribution >= 0.6 is 0 Å². The van der Waals surface area contributed by atoms with Crippen molar-refractivity contribution in [1.82, 2.24) is 19.1 Å². The molecule has 1 fully saturated rings. The molecule has 0 spiro atoms. The largest absolute Gasteiger partial charge is 0.481 e. The summed E-state index contributed by atoms with van der Waals surface area (Å²) in [5.74, 6) is -0.289. The number of halogens is 1. The lowest BCUT2D eigenvalue weighted by Gasteiger charge is -2.16. The third-order valence-corrected chi connectivity index (χ3v) is 7.79. The number of benzene rings is 1. The molecule has 10 nitrogen and oxygen atoms in total. The number of amides is 1. The van der Waals surface area contributed by atoms with Crippen LogP contribution in [0.15, 0.2) is 65.7 Å². The quantitative estimate of drug-likeness (QED) is 0.180. The predicted molar refractivity (Wildman–Crippen MR) is 175 cm³/mol. The molecule has 4 aromatic heterocycles. The number of carbonyl (C=O) groups is 1. The lowest BCUT2D eigenvalue weighted by atomic mass is 10.1. The van der Waals surface area contributed by atoms with E-state index in [2.05, 4.69) is 15.3 Å². The zero-order chi connectivity index (χ0) is 33.1. The number of ether oxygens (including phenoxy) is 2. The second kappa shape index (κ2) is 13.5. The molecule has 4 heterocycles. The van der Waals surface area contributed by atoms with Crippen LogP contribution in [-0.2, 0) is 6.73 Å². The van der Waals surface area contributed by atoms with Gasteiger partial charge in [0, 0.05) is 35.4 Å². The number of rotatable bonds is 9. The van der Waals surface area contributed by atoms with Gasteiger partial charge in [-0.15, -0.1) is 0 Å². The summed E-state index contributed by atoms with van der Waals surface area (Å²) in [5, 5.41) is 13.2. The topological polar surface area (TPSA) is 121 Å². The molecule has 240 valence electrons. The third-order valence-electron chi connectivity index (χ3n) is 7.79. The highest BCUT2D eigenvalue weighted by Crippen LogP contribution is 2.41. The van der Waals surface area contributed by atoms with E-state index in [1.54, 1.807) is 29.0 Å². The van der Waals surface area contributed by atoms with Gasteiger partial charge in [-0.3, -0.25) is 14.2 Å². The second-order valence-corrected chi connectivity index (χ2v) is 11.1. The molecule has 0 atom stereocenters. The van der Waals surface area contributed by atoms with E-state index in [4.69, 9.17) is 9.47 Å². The Morgan fingerprint density at radius 2 is 1.85 bits per heavy atom. The highest BCUT2D eigenvalue weighted by Gasteiger charge is 2.29. The number of aryl methyl sites for hydroxylation is 1. The Morgan fingerprint density at radius 3 is 2.48 bits per heavy atom. The maximum absolute atomic E-state index is 15.3. The molecular weight excluding hydrogens is 589 g/mol. The highest BCUT2D eigenvalue weighted by molar-refractivity contribution is 6.04. The van der Waals surface area contributed by atoms with Gasteiger partial charge >= 0.3 is 0 Å². The van der Waals surface area contributed by atoms with E-state index >= 15 is 4.39 Å². The van der Waals surface area contributed by atoms with Crippen LogP contribution in [0.1, 0.15) is 79.7 Å². The van der Waals surface area contributed by atoms with E-state index in [1.807, 2.05) is 40.7 Å². The molecule has 0 bridgehead atoms. The van der Waals surface area contributed by atoms with E-state index in [0.717, 1.165) is 35.9 Å². The Balaban J connectivity index is 0.00000204. The van der Waals surface area contributed by atoms with Crippen molar-refractivity contribution in [2.24, 2.45) is 0 Å². The van der Waals surface area contributed by atoms with Crippen LogP contribution in [0.5, 0.6) is 17.4 Å². The van der Waals surface area contributed by atoms with Crippen molar-refractivity contribution >= 4 is 22.6 Å². The molecule has 6 rings (SSSR count). The molecule has 0 radical (unpaired) electrons. The summed E-state index contributed by atoms with van der Waals surface area (Å²) in [6, 6.07) is 12.6. The summed E-state index contributed by atoms with van der Waals surface area (Å²) in [6.45, 7) is 9.61. The molecular formula is C35H38FN5O5. The van der Waals surface area contributed by atoms with Crippen LogP contribution in [-0.4, -0.2) is 37.2 Å². The van der Waals surface area contributed by atoms with Crippen molar-refractivity contribution in [2.75, 3.05) is 12.4 Å². The van der Waals surface area contributed by atoms with E-state index < -0.39 is 17.3 Å². The van der Waals surface area contributed by atoms with Crippen molar-refractivity contribution in [3.63, 3.8) is 0 Å². The van der Waals surface area contributed by atoms with Crippen LogP contribution < -0.4 is 20.3 Å². The van der Waals surface area contributed by atoms with Gasteiger partial charge in [0.15, 0.2) is 11.6 Å². The molecule has 0 saturated heterocycles. The minimum atomic E-state index is -0.708. The first-order valence-electron chi connectivity index (χ1n) is 15.3. The Labute approximate surface area is 266 Å². The minimum Gasteiger partial charge on any atom is -0.481 e. The number of anilines is 1. The summed E-state index contributed by atoms with van der Waals surface area (Å²) in [7, 11) is 1.52. The Morgan fingerprint density at radius 1 is 1.09 bits per heavy atom. The first-order chi connectivity index (χ1) is 22.2. The fourth-order valence-corrected chi connectivity index (χ4v) is 5.38. The lowest BCUT2D eigenvalue weighted by molar-refractivity contribution is 0.102. The van der Waals surface area contributed by atoms with Crippen LogP contribution in [0, 0.1) is 12.7 Å². The molecule has 0 unspecified atom stereocenters. The number of aromatic nitrogens is 4. The number of hydrogen-bond acceptors (Lipinski definition) is 7.